The van der Waals surface area contributed by atoms with Crippen molar-refractivity contribution in [2.75, 3.05) is 10.6 Å². The van der Waals surface area contributed by atoms with Crippen molar-refractivity contribution in [2.24, 2.45) is 0 Å². The summed E-state index contributed by atoms with van der Waals surface area (Å²) >= 11 is 0. The number of para-hydroxylation sites is 1. The first-order chi connectivity index (χ1) is 15.5. The van der Waals surface area contributed by atoms with Crippen LogP contribution in [-0.2, 0) is 16.6 Å². The topological polar surface area (TPSA) is 66.5 Å². The molecule has 0 saturated heterocycles. The van der Waals surface area contributed by atoms with Gasteiger partial charge in [-0.1, -0.05) is 48.5 Å². The molecule has 0 saturated carbocycles. The van der Waals surface area contributed by atoms with Gasteiger partial charge in [0.1, 0.15) is 0 Å². The zero-order valence-corrected chi connectivity index (χ0v) is 21.0. The smallest absolute Gasteiger partial charge is 0.251 e. The fraction of sp³-hybridized carbons (Fsp3) is 0.296. The second-order valence-electron chi connectivity index (χ2n) is 8.75. The van der Waals surface area contributed by atoms with Gasteiger partial charge < -0.3 is 5.32 Å². The highest BCUT2D eigenvalue weighted by molar-refractivity contribution is 7.92. The van der Waals surface area contributed by atoms with Crippen molar-refractivity contribution in [1.82, 2.24) is 5.32 Å². The number of nitrogens with one attached hydrogen (secondary N) is 1. The molecule has 1 atom stereocenters. The second kappa shape index (κ2) is 9.79. The molecule has 0 unspecified atom stereocenters. The SMILES string of the molecule is Cc1ccc([C@H](C)NC(=O)c2ccc(CN(c3c(C)cccc3C)S(C)(=O)=O)cc2)cc1C. The predicted molar refractivity (Wildman–Crippen MR) is 135 cm³/mol. The van der Waals surface area contributed by atoms with Gasteiger partial charge in [0, 0.05) is 5.56 Å². The number of hydrogen-bond donors (Lipinski definition) is 1. The summed E-state index contributed by atoms with van der Waals surface area (Å²) in [6, 6.07) is 18.9. The molecule has 0 aliphatic rings. The lowest BCUT2D eigenvalue weighted by Gasteiger charge is -2.26. The third kappa shape index (κ3) is 5.82. The predicted octanol–water partition coefficient (Wildman–Crippen LogP) is 5.38. The van der Waals surface area contributed by atoms with E-state index in [9.17, 15) is 13.2 Å². The molecular weight excluding hydrogens is 432 g/mol. The fourth-order valence-corrected chi connectivity index (χ4v) is 4.89. The van der Waals surface area contributed by atoms with Crippen molar-refractivity contribution in [1.29, 1.82) is 0 Å². The molecule has 3 aromatic carbocycles. The van der Waals surface area contributed by atoms with Gasteiger partial charge in [0.15, 0.2) is 0 Å². The summed E-state index contributed by atoms with van der Waals surface area (Å²) in [5.74, 6) is -0.165. The van der Waals surface area contributed by atoms with Gasteiger partial charge >= 0.3 is 0 Å². The van der Waals surface area contributed by atoms with E-state index in [1.165, 1.54) is 21.7 Å². The van der Waals surface area contributed by atoms with Crippen LogP contribution in [0.25, 0.3) is 0 Å². The van der Waals surface area contributed by atoms with Gasteiger partial charge in [-0.3, -0.25) is 9.10 Å². The monoisotopic (exact) mass is 464 g/mol. The minimum atomic E-state index is -3.49. The Morgan fingerprint density at radius 2 is 1.48 bits per heavy atom. The van der Waals surface area contributed by atoms with E-state index in [0.29, 0.717) is 11.3 Å². The molecule has 5 nitrogen and oxygen atoms in total. The number of amides is 1. The van der Waals surface area contributed by atoms with E-state index in [0.717, 1.165) is 22.3 Å². The molecule has 1 N–H and O–H groups in total. The summed E-state index contributed by atoms with van der Waals surface area (Å²) in [7, 11) is -3.49. The van der Waals surface area contributed by atoms with Crippen molar-refractivity contribution in [3.8, 4) is 0 Å². The number of anilines is 1. The first kappa shape index (κ1) is 24.5. The summed E-state index contributed by atoms with van der Waals surface area (Å²) in [4.78, 5) is 12.8. The van der Waals surface area contributed by atoms with Crippen LogP contribution in [0, 0.1) is 27.7 Å². The molecule has 174 valence electrons. The molecule has 6 heteroatoms. The van der Waals surface area contributed by atoms with E-state index >= 15 is 0 Å². The van der Waals surface area contributed by atoms with Gasteiger partial charge in [-0.25, -0.2) is 8.42 Å². The summed E-state index contributed by atoms with van der Waals surface area (Å²) in [6.45, 7) is 10.1. The zero-order valence-electron chi connectivity index (χ0n) is 20.1. The van der Waals surface area contributed by atoms with Crippen molar-refractivity contribution < 1.29 is 13.2 Å². The Kier molecular flexibility index (Phi) is 7.28. The molecule has 3 rings (SSSR count). The summed E-state index contributed by atoms with van der Waals surface area (Å²) in [5.41, 5.74) is 7.31. The van der Waals surface area contributed by atoms with E-state index in [-0.39, 0.29) is 18.5 Å². The number of rotatable bonds is 7. The lowest BCUT2D eigenvalue weighted by molar-refractivity contribution is 0.0940. The summed E-state index contributed by atoms with van der Waals surface area (Å²) in [6.07, 6.45) is 1.22. The molecular formula is C27H32N2O3S. The van der Waals surface area contributed by atoms with Crippen LogP contribution >= 0.6 is 0 Å². The Labute approximate surface area is 197 Å². The number of sulfonamides is 1. The maximum Gasteiger partial charge on any atom is 0.251 e. The normalized spacial score (nSPS) is 12.3. The lowest BCUT2D eigenvalue weighted by Crippen LogP contribution is -2.30. The summed E-state index contributed by atoms with van der Waals surface area (Å²) < 4.78 is 26.6. The Morgan fingerprint density at radius 3 is 2.03 bits per heavy atom. The minimum Gasteiger partial charge on any atom is -0.346 e. The highest BCUT2D eigenvalue weighted by atomic mass is 32.2. The van der Waals surface area contributed by atoms with E-state index in [4.69, 9.17) is 0 Å². The Bertz CT molecular complexity index is 1240. The highest BCUT2D eigenvalue weighted by Crippen LogP contribution is 2.28. The number of nitrogens with zero attached hydrogens (tertiary/aromatic N) is 1. The van der Waals surface area contributed by atoms with Crippen LogP contribution in [0.2, 0.25) is 0 Å². The molecule has 3 aromatic rings. The van der Waals surface area contributed by atoms with Crippen LogP contribution in [0.15, 0.2) is 60.7 Å². The molecule has 0 radical (unpaired) electrons. The molecule has 1 amide bonds. The third-order valence-corrected chi connectivity index (χ3v) is 7.12. The zero-order chi connectivity index (χ0) is 24.3. The number of aryl methyl sites for hydroxylation is 4. The second-order valence-corrected chi connectivity index (χ2v) is 10.7. The first-order valence-corrected chi connectivity index (χ1v) is 12.8. The van der Waals surface area contributed by atoms with Crippen LogP contribution in [0.1, 0.15) is 56.7 Å². The van der Waals surface area contributed by atoms with Crippen molar-refractivity contribution >= 4 is 21.6 Å². The maximum absolute atomic E-state index is 12.8. The van der Waals surface area contributed by atoms with E-state index in [2.05, 4.69) is 31.3 Å². The highest BCUT2D eigenvalue weighted by Gasteiger charge is 2.21. The summed E-state index contributed by atoms with van der Waals surface area (Å²) in [5, 5.41) is 3.04. The molecule has 0 spiro atoms. The van der Waals surface area contributed by atoms with Crippen LogP contribution in [0.3, 0.4) is 0 Å². The minimum absolute atomic E-state index is 0.124. The molecule has 0 fully saturated rings. The Morgan fingerprint density at radius 1 is 0.879 bits per heavy atom. The Hall–Kier alpha value is -3.12. The number of carbonyl (C=O) groups excluding carboxylic acids is 1. The molecule has 0 bridgehead atoms. The number of benzene rings is 3. The number of carbonyl (C=O) groups is 1. The average Bonchev–Trinajstić information content (AvgIpc) is 2.74. The maximum atomic E-state index is 12.8. The van der Waals surface area contributed by atoms with Gasteiger partial charge in [0.2, 0.25) is 10.0 Å². The molecule has 0 aliphatic carbocycles. The van der Waals surface area contributed by atoms with E-state index in [1.807, 2.05) is 45.0 Å². The first-order valence-electron chi connectivity index (χ1n) is 11.0. The van der Waals surface area contributed by atoms with Crippen molar-refractivity contribution in [2.45, 2.75) is 47.2 Å². The number of hydrogen-bond acceptors (Lipinski definition) is 3. The van der Waals surface area contributed by atoms with Crippen LogP contribution in [0.4, 0.5) is 5.69 Å². The van der Waals surface area contributed by atoms with Gasteiger partial charge in [-0.2, -0.15) is 0 Å². The third-order valence-electron chi connectivity index (χ3n) is 6.01. The standard InChI is InChI=1S/C27H32N2O3S/c1-18-10-13-25(16-21(18)4)22(5)28-27(30)24-14-11-23(12-15-24)17-29(33(6,31)32)26-19(2)8-7-9-20(26)3/h7-16,22H,17H2,1-6H3,(H,28,30)/t22-/m0/s1. The van der Waals surface area contributed by atoms with Gasteiger partial charge in [0.05, 0.1) is 24.5 Å². The molecule has 0 aromatic heterocycles. The van der Waals surface area contributed by atoms with Gasteiger partial charge in [-0.05, 0) is 80.1 Å². The quantitative estimate of drug-likeness (QED) is 0.511. The van der Waals surface area contributed by atoms with Crippen molar-refractivity contribution in [3.05, 3.63) is 99.6 Å². The molecule has 0 heterocycles. The lowest BCUT2D eigenvalue weighted by atomic mass is 10.0. The van der Waals surface area contributed by atoms with E-state index < -0.39 is 10.0 Å². The largest absolute Gasteiger partial charge is 0.346 e. The van der Waals surface area contributed by atoms with Crippen LogP contribution in [0.5, 0.6) is 0 Å². The van der Waals surface area contributed by atoms with Gasteiger partial charge in [-0.15, -0.1) is 0 Å². The van der Waals surface area contributed by atoms with Crippen molar-refractivity contribution in [3.63, 3.8) is 0 Å². The fourth-order valence-electron chi connectivity index (χ4n) is 3.89. The Balaban J connectivity index is 1.77. The van der Waals surface area contributed by atoms with E-state index in [1.54, 1.807) is 24.3 Å². The van der Waals surface area contributed by atoms with Gasteiger partial charge in [0.25, 0.3) is 5.91 Å². The molecule has 33 heavy (non-hydrogen) atoms. The van der Waals surface area contributed by atoms with Crippen LogP contribution in [-0.4, -0.2) is 20.6 Å². The van der Waals surface area contributed by atoms with Crippen LogP contribution < -0.4 is 9.62 Å². The molecule has 0 aliphatic heterocycles. The average molecular weight is 465 g/mol.